The highest BCUT2D eigenvalue weighted by atomic mass is 16.5. The normalized spacial score (nSPS) is 10.4. The molecule has 2 rings (SSSR count). The van der Waals surface area contributed by atoms with Crippen molar-refractivity contribution in [1.82, 2.24) is 0 Å². The second-order valence-electron chi connectivity index (χ2n) is 5.73. The molecule has 0 unspecified atom stereocenters. The number of carbonyl (C=O) groups excluding carboxylic acids is 1. The predicted molar refractivity (Wildman–Crippen MR) is 96.8 cm³/mol. The Balaban J connectivity index is 2.01. The summed E-state index contributed by atoms with van der Waals surface area (Å²) < 4.78 is 10.7. The first-order valence-corrected chi connectivity index (χ1v) is 7.89. The van der Waals surface area contributed by atoms with Crippen LogP contribution in [0, 0.1) is 5.92 Å². The van der Waals surface area contributed by atoms with E-state index in [1.807, 2.05) is 56.3 Å². The van der Waals surface area contributed by atoms with Crippen LogP contribution in [0.2, 0.25) is 0 Å². The van der Waals surface area contributed by atoms with E-state index in [0.29, 0.717) is 12.3 Å². The summed E-state index contributed by atoms with van der Waals surface area (Å²) in [6.45, 7) is 4.34. The fourth-order valence-corrected chi connectivity index (χ4v) is 2.25. The summed E-state index contributed by atoms with van der Waals surface area (Å²) in [7, 11) is 3.26. The summed E-state index contributed by atoms with van der Waals surface area (Å²) in [5, 5.41) is 6.21. The van der Waals surface area contributed by atoms with Crippen LogP contribution in [0.15, 0.2) is 42.5 Å². The first-order chi connectivity index (χ1) is 11.5. The van der Waals surface area contributed by atoms with Crippen LogP contribution < -0.4 is 20.1 Å². The van der Waals surface area contributed by atoms with Crippen molar-refractivity contribution >= 4 is 17.3 Å². The summed E-state index contributed by atoms with van der Waals surface area (Å²) in [6, 6.07) is 13.4. The number of para-hydroxylation sites is 1. The zero-order valence-electron chi connectivity index (χ0n) is 14.6. The van der Waals surface area contributed by atoms with Crippen molar-refractivity contribution in [3.05, 3.63) is 48.0 Å². The molecule has 0 bridgehead atoms. The molecule has 2 N–H and O–H groups in total. The molecule has 5 nitrogen and oxygen atoms in total. The van der Waals surface area contributed by atoms with Crippen LogP contribution in [0.5, 0.6) is 11.5 Å². The number of rotatable bonds is 7. The van der Waals surface area contributed by atoms with Crippen LogP contribution >= 0.6 is 0 Å². The van der Waals surface area contributed by atoms with Gasteiger partial charge < -0.3 is 20.1 Å². The molecule has 0 aliphatic carbocycles. The molecule has 0 radical (unpaired) electrons. The average molecular weight is 328 g/mol. The van der Waals surface area contributed by atoms with Crippen LogP contribution in [0.3, 0.4) is 0 Å². The highest BCUT2D eigenvalue weighted by molar-refractivity contribution is 5.92. The van der Waals surface area contributed by atoms with Gasteiger partial charge in [-0.2, -0.15) is 0 Å². The van der Waals surface area contributed by atoms with Gasteiger partial charge in [0.1, 0.15) is 0 Å². The van der Waals surface area contributed by atoms with Gasteiger partial charge in [-0.25, -0.2) is 0 Å². The molecule has 0 fully saturated rings. The molecule has 0 saturated carbocycles. The minimum atomic E-state index is -0.0386. The Morgan fingerprint density at radius 1 is 1.00 bits per heavy atom. The minimum absolute atomic E-state index is 0.0110. The number of hydrogen-bond acceptors (Lipinski definition) is 4. The van der Waals surface area contributed by atoms with Gasteiger partial charge in [-0.3, -0.25) is 4.79 Å². The van der Waals surface area contributed by atoms with E-state index in [1.54, 1.807) is 14.2 Å². The third kappa shape index (κ3) is 4.41. The molecule has 0 spiro atoms. The number of hydrogen-bond donors (Lipinski definition) is 2. The number of methoxy groups -OCH3 is 2. The second kappa shape index (κ2) is 8.24. The number of anilines is 2. The van der Waals surface area contributed by atoms with E-state index in [2.05, 4.69) is 10.6 Å². The van der Waals surface area contributed by atoms with Crippen LogP contribution in [0.1, 0.15) is 19.4 Å². The zero-order valence-corrected chi connectivity index (χ0v) is 14.6. The van der Waals surface area contributed by atoms with Crippen LogP contribution in [0.4, 0.5) is 11.4 Å². The first kappa shape index (κ1) is 17.7. The predicted octanol–water partition coefficient (Wildman–Crippen LogP) is 3.91. The summed E-state index contributed by atoms with van der Waals surface area (Å²) in [6.07, 6.45) is 0. The van der Waals surface area contributed by atoms with E-state index in [1.165, 1.54) is 0 Å². The topological polar surface area (TPSA) is 59.6 Å². The summed E-state index contributed by atoms with van der Waals surface area (Å²) in [4.78, 5) is 11.7. The lowest BCUT2D eigenvalue weighted by Crippen LogP contribution is -2.17. The SMILES string of the molecule is COc1cccc(CNc2ccc(NC(=O)C(C)C)cc2)c1OC. The Labute approximate surface area is 143 Å². The zero-order chi connectivity index (χ0) is 17.5. The Bertz CT molecular complexity index is 682. The van der Waals surface area contributed by atoms with Crippen LogP contribution in [-0.4, -0.2) is 20.1 Å². The molecule has 0 aromatic heterocycles. The van der Waals surface area contributed by atoms with Gasteiger partial charge in [0, 0.05) is 29.4 Å². The van der Waals surface area contributed by atoms with E-state index < -0.39 is 0 Å². The molecule has 0 saturated heterocycles. The molecule has 0 aliphatic rings. The molecule has 1 amide bonds. The van der Waals surface area contributed by atoms with Crippen molar-refractivity contribution in [3.63, 3.8) is 0 Å². The van der Waals surface area contributed by atoms with Gasteiger partial charge in [0.2, 0.25) is 5.91 Å². The van der Waals surface area contributed by atoms with Crippen molar-refractivity contribution in [2.45, 2.75) is 20.4 Å². The Morgan fingerprint density at radius 3 is 2.25 bits per heavy atom. The van der Waals surface area contributed by atoms with Crippen molar-refractivity contribution in [1.29, 1.82) is 0 Å². The minimum Gasteiger partial charge on any atom is -0.493 e. The molecule has 0 atom stereocenters. The van der Waals surface area contributed by atoms with Gasteiger partial charge in [-0.1, -0.05) is 26.0 Å². The maximum absolute atomic E-state index is 11.7. The third-order valence-electron chi connectivity index (χ3n) is 3.64. The standard InChI is InChI=1S/C19H24N2O3/c1-13(2)19(22)21-16-10-8-15(9-11-16)20-12-14-6-5-7-17(23-3)18(14)24-4/h5-11,13,20H,12H2,1-4H3,(H,21,22). The maximum atomic E-state index is 11.7. The van der Waals surface area contributed by atoms with Crippen LogP contribution in [-0.2, 0) is 11.3 Å². The summed E-state index contributed by atoms with van der Waals surface area (Å²) in [5.41, 5.74) is 2.76. The average Bonchev–Trinajstić information content (AvgIpc) is 2.60. The Hall–Kier alpha value is -2.69. The van der Waals surface area contributed by atoms with Gasteiger partial charge in [0.15, 0.2) is 11.5 Å². The van der Waals surface area contributed by atoms with Crippen molar-refractivity contribution in [2.75, 3.05) is 24.9 Å². The molecule has 5 heteroatoms. The molecule has 2 aromatic carbocycles. The molecule has 2 aromatic rings. The van der Waals surface area contributed by atoms with Gasteiger partial charge in [0.05, 0.1) is 14.2 Å². The highest BCUT2D eigenvalue weighted by Crippen LogP contribution is 2.31. The fraction of sp³-hybridized carbons (Fsp3) is 0.316. The Kier molecular flexibility index (Phi) is 6.07. The first-order valence-electron chi connectivity index (χ1n) is 7.89. The van der Waals surface area contributed by atoms with Gasteiger partial charge in [-0.05, 0) is 30.3 Å². The smallest absolute Gasteiger partial charge is 0.226 e. The number of nitrogens with one attached hydrogen (secondary N) is 2. The lowest BCUT2D eigenvalue weighted by atomic mass is 10.1. The molecular weight excluding hydrogens is 304 g/mol. The maximum Gasteiger partial charge on any atom is 0.226 e. The molecule has 128 valence electrons. The summed E-state index contributed by atoms with van der Waals surface area (Å²) >= 11 is 0. The van der Waals surface area contributed by atoms with E-state index in [9.17, 15) is 4.79 Å². The van der Waals surface area contributed by atoms with E-state index in [-0.39, 0.29) is 11.8 Å². The number of carbonyl (C=O) groups is 1. The number of ether oxygens (including phenoxy) is 2. The lowest BCUT2D eigenvalue weighted by molar-refractivity contribution is -0.118. The van der Waals surface area contributed by atoms with Gasteiger partial charge >= 0.3 is 0 Å². The fourth-order valence-electron chi connectivity index (χ4n) is 2.25. The number of amides is 1. The van der Waals surface area contributed by atoms with Crippen molar-refractivity contribution < 1.29 is 14.3 Å². The van der Waals surface area contributed by atoms with Gasteiger partial charge in [-0.15, -0.1) is 0 Å². The molecule has 0 heterocycles. The van der Waals surface area contributed by atoms with E-state index in [0.717, 1.165) is 22.7 Å². The Morgan fingerprint density at radius 2 is 1.67 bits per heavy atom. The highest BCUT2D eigenvalue weighted by Gasteiger charge is 2.09. The molecule has 0 aliphatic heterocycles. The largest absolute Gasteiger partial charge is 0.493 e. The second-order valence-corrected chi connectivity index (χ2v) is 5.73. The molecular formula is C19H24N2O3. The quantitative estimate of drug-likeness (QED) is 0.809. The van der Waals surface area contributed by atoms with Crippen molar-refractivity contribution in [3.8, 4) is 11.5 Å². The van der Waals surface area contributed by atoms with Crippen LogP contribution in [0.25, 0.3) is 0 Å². The third-order valence-corrected chi connectivity index (χ3v) is 3.64. The van der Waals surface area contributed by atoms with E-state index >= 15 is 0 Å². The number of benzene rings is 2. The monoisotopic (exact) mass is 328 g/mol. The summed E-state index contributed by atoms with van der Waals surface area (Å²) in [5.74, 6) is 1.41. The van der Waals surface area contributed by atoms with Gasteiger partial charge in [0.25, 0.3) is 0 Å². The van der Waals surface area contributed by atoms with Crippen molar-refractivity contribution in [2.24, 2.45) is 5.92 Å². The lowest BCUT2D eigenvalue weighted by Gasteiger charge is -2.14. The molecule has 24 heavy (non-hydrogen) atoms. The van der Waals surface area contributed by atoms with E-state index in [4.69, 9.17) is 9.47 Å².